The number of hydrogen-bond donors (Lipinski definition) is 2. The monoisotopic (exact) mass is 560 g/mol. The van der Waals surface area contributed by atoms with Crippen LogP contribution in [0.3, 0.4) is 0 Å². The Morgan fingerprint density at radius 2 is 1.03 bits per heavy atom. The maximum Gasteiger partial charge on any atom is 0.309 e. The summed E-state index contributed by atoms with van der Waals surface area (Å²) in [7, 11) is 0. The fourth-order valence-corrected chi connectivity index (χ4v) is 7.41. The smallest absolute Gasteiger partial charge is 0.309 e. The fourth-order valence-electron chi connectivity index (χ4n) is 4.59. The summed E-state index contributed by atoms with van der Waals surface area (Å²) in [6.07, 6.45) is 21.0. The first kappa shape index (κ1) is 32.6. The molecule has 0 amide bonds. The Bertz CT molecular complexity index is 954. The van der Waals surface area contributed by atoms with Crippen molar-refractivity contribution in [1.29, 1.82) is 0 Å². The Morgan fingerprint density at radius 1 is 0.684 bits per heavy atom. The Labute approximate surface area is 239 Å². The van der Waals surface area contributed by atoms with Crippen LogP contribution in [0.1, 0.15) is 107 Å². The molecule has 38 heavy (non-hydrogen) atoms. The lowest BCUT2D eigenvalue weighted by atomic mass is 9.87. The minimum absolute atomic E-state index is 0.0112. The van der Waals surface area contributed by atoms with Gasteiger partial charge in [0.2, 0.25) is 0 Å². The van der Waals surface area contributed by atoms with Crippen molar-refractivity contribution in [3.05, 3.63) is 56.1 Å². The largest absolute Gasteiger partial charge is 0.481 e. The molecule has 0 radical (unpaired) electrons. The molecule has 0 unspecified atom stereocenters. The Balaban J connectivity index is 1.94. The number of carboxylic acid groups (broad SMARTS) is 2. The van der Waals surface area contributed by atoms with Gasteiger partial charge in [0.25, 0.3) is 0 Å². The summed E-state index contributed by atoms with van der Waals surface area (Å²) in [5.41, 5.74) is -1.35. The molecular formula is C32H48O4S2. The number of rotatable bonds is 14. The van der Waals surface area contributed by atoms with Crippen LogP contribution in [0.25, 0.3) is 0 Å². The van der Waals surface area contributed by atoms with Gasteiger partial charge in [0.15, 0.2) is 0 Å². The van der Waals surface area contributed by atoms with Gasteiger partial charge < -0.3 is 10.2 Å². The van der Waals surface area contributed by atoms with Crippen LogP contribution in [0.4, 0.5) is 0 Å². The number of hydrogen-bond acceptors (Lipinski definition) is 4. The summed E-state index contributed by atoms with van der Waals surface area (Å²) < 4.78 is 0. The zero-order valence-electron chi connectivity index (χ0n) is 24.6. The standard InChI is InChI=1S/C32H48O4S2/c1-29(2)19-23(13-9-11-17-31(5,6)27(33)34)37-25(21-29)15-16-26-22-30(3,4)20-24(38-26)14-10-12-18-32(7,8)28(35)36/h15-16,19-22H,9-14,17-18H2,1-8H3,(H,33,34)(H,35,36)/b16-15-. The SMILES string of the molecule is CC1(C)C=C(/C=C\C2=CC(C)(C)C=C(CCCCC(C)(C)C(=O)O)S2)SC(CCCCC(C)(C)C(=O)O)=C1. The molecule has 0 aromatic rings. The van der Waals surface area contributed by atoms with Crippen LogP contribution in [0, 0.1) is 21.7 Å². The summed E-state index contributed by atoms with van der Waals surface area (Å²) in [5, 5.41) is 18.7. The van der Waals surface area contributed by atoms with Crippen molar-refractivity contribution < 1.29 is 19.8 Å². The van der Waals surface area contributed by atoms with Crippen LogP contribution in [0.2, 0.25) is 0 Å². The average molecular weight is 561 g/mol. The van der Waals surface area contributed by atoms with Gasteiger partial charge in [-0.15, -0.1) is 0 Å². The molecule has 2 aliphatic heterocycles. The van der Waals surface area contributed by atoms with Crippen LogP contribution in [-0.4, -0.2) is 22.2 Å². The van der Waals surface area contributed by atoms with Gasteiger partial charge in [0.05, 0.1) is 10.8 Å². The first-order valence-corrected chi connectivity index (χ1v) is 15.4. The van der Waals surface area contributed by atoms with E-state index in [-0.39, 0.29) is 10.8 Å². The van der Waals surface area contributed by atoms with E-state index in [1.807, 2.05) is 23.5 Å². The minimum atomic E-state index is -0.724. The van der Waals surface area contributed by atoms with E-state index in [4.69, 9.17) is 0 Å². The number of unbranched alkanes of at least 4 members (excludes halogenated alkanes) is 2. The second-order valence-electron chi connectivity index (χ2n) is 13.3. The van der Waals surface area contributed by atoms with Crippen molar-refractivity contribution >= 4 is 35.5 Å². The zero-order chi connectivity index (χ0) is 28.8. The third kappa shape index (κ3) is 10.8. The molecule has 2 aliphatic rings. The molecule has 2 rings (SSSR count). The van der Waals surface area contributed by atoms with Gasteiger partial charge in [0.1, 0.15) is 0 Å². The molecule has 2 N–H and O–H groups in total. The number of allylic oxidation sites excluding steroid dienone is 8. The number of thioether (sulfide) groups is 2. The predicted octanol–water partition coefficient (Wildman–Crippen LogP) is 9.97. The van der Waals surface area contributed by atoms with Crippen LogP contribution >= 0.6 is 23.5 Å². The van der Waals surface area contributed by atoms with Crippen LogP contribution in [0.5, 0.6) is 0 Å². The van der Waals surface area contributed by atoms with E-state index in [0.717, 1.165) is 38.5 Å². The second kappa shape index (κ2) is 13.1. The highest BCUT2D eigenvalue weighted by molar-refractivity contribution is 8.07. The molecule has 2 heterocycles. The molecule has 0 bridgehead atoms. The van der Waals surface area contributed by atoms with Crippen LogP contribution in [0.15, 0.2) is 56.1 Å². The summed E-state index contributed by atoms with van der Waals surface area (Å²) >= 11 is 3.66. The Hall–Kier alpha value is -1.66. The van der Waals surface area contributed by atoms with E-state index in [0.29, 0.717) is 12.8 Å². The molecule has 0 aromatic heterocycles. The lowest BCUT2D eigenvalue weighted by molar-refractivity contribution is -0.148. The Morgan fingerprint density at radius 3 is 1.34 bits per heavy atom. The molecule has 0 spiro atoms. The van der Waals surface area contributed by atoms with Gasteiger partial charge >= 0.3 is 11.9 Å². The fraction of sp³-hybridized carbons (Fsp3) is 0.625. The summed E-state index contributed by atoms with van der Waals surface area (Å²) in [5.74, 6) is -1.45. The summed E-state index contributed by atoms with van der Waals surface area (Å²) in [4.78, 5) is 28.0. The predicted molar refractivity (Wildman–Crippen MR) is 164 cm³/mol. The lowest BCUT2D eigenvalue weighted by Crippen LogP contribution is -2.23. The molecule has 4 nitrogen and oxygen atoms in total. The van der Waals surface area contributed by atoms with Crippen LogP contribution < -0.4 is 0 Å². The molecule has 0 saturated carbocycles. The maximum atomic E-state index is 11.4. The first-order chi connectivity index (χ1) is 17.4. The molecular weight excluding hydrogens is 512 g/mol. The van der Waals surface area contributed by atoms with Crippen LogP contribution in [-0.2, 0) is 9.59 Å². The molecule has 212 valence electrons. The van der Waals surface area contributed by atoms with Gasteiger partial charge in [-0.3, -0.25) is 9.59 Å². The van der Waals surface area contributed by atoms with Crippen molar-refractivity contribution in [2.75, 3.05) is 0 Å². The quantitative estimate of drug-likeness (QED) is 0.206. The van der Waals surface area contributed by atoms with Crippen molar-refractivity contribution in [1.82, 2.24) is 0 Å². The second-order valence-corrected chi connectivity index (χ2v) is 15.7. The highest BCUT2D eigenvalue weighted by Gasteiger charge is 2.28. The summed E-state index contributed by atoms with van der Waals surface area (Å²) in [6, 6.07) is 0. The Kier molecular flexibility index (Phi) is 11.2. The van der Waals surface area contributed by atoms with Gasteiger partial charge in [-0.2, -0.15) is 0 Å². The van der Waals surface area contributed by atoms with E-state index in [9.17, 15) is 19.8 Å². The van der Waals surface area contributed by atoms with Gasteiger partial charge in [0, 0.05) is 20.6 Å². The average Bonchev–Trinajstić information content (AvgIpc) is 2.76. The van der Waals surface area contributed by atoms with E-state index in [2.05, 4.69) is 64.2 Å². The van der Waals surface area contributed by atoms with Gasteiger partial charge in [-0.1, -0.05) is 88.4 Å². The van der Waals surface area contributed by atoms with Crippen molar-refractivity contribution in [2.24, 2.45) is 21.7 Å². The van der Waals surface area contributed by atoms with Crippen molar-refractivity contribution in [2.45, 2.75) is 107 Å². The highest BCUT2D eigenvalue weighted by atomic mass is 32.2. The number of carbonyl (C=O) groups is 2. The molecule has 6 heteroatoms. The van der Waals surface area contributed by atoms with E-state index >= 15 is 0 Å². The molecule has 0 saturated heterocycles. The normalized spacial score (nSPS) is 19.5. The third-order valence-electron chi connectivity index (χ3n) is 7.11. The highest BCUT2D eigenvalue weighted by Crippen LogP contribution is 2.44. The maximum absolute atomic E-state index is 11.4. The molecule has 0 atom stereocenters. The van der Waals surface area contributed by atoms with Crippen molar-refractivity contribution in [3.63, 3.8) is 0 Å². The number of aliphatic carboxylic acids is 2. The lowest BCUT2D eigenvalue weighted by Gasteiger charge is -2.26. The zero-order valence-corrected chi connectivity index (χ0v) is 26.3. The topological polar surface area (TPSA) is 74.6 Å². The third-order valence-corrected chi connectivity index (χ3v) is 9.26. The van der Waals surface area contributed by atoms with E-state index in [1.165, 1.54) is 19.6 Å². The summed E-state index contributed by atoms with van der Waals surface area (Å²) in [6.45, 7) is 16.2. The van der Waals surface area contributed by atoms with Gasteiger partial charge in [-0.05, 0) is 88.2 Å². The minimum Gasteiger partial charge on any atom is -0.481 e. The molecule has 0 aromatic carbocycles. The van der Waals surface area contributed by atoms with Crippen molar-refractivity contribution in [3.8, 4) is 0 Å². The van der Waals surface area contributed by atoms with E-state index < -0.39 is 22.8 Å². The molecule has 0 aliphatic carbocycles. The first-order valence-electron chi connectivity index (χ1n) is 13.8. The number of carboxylic acids is 2. The van der Waals surface area contributed by atoms with E-state index in [1.54, 1.807) is 27.7 Å². The molecule has 0 fully saturated rings. The van der Waals surface area contributed by atoms with Gasteiger partial charge in [-0.25, -0.2) is 0 Å².